The van der Waals surface area contributed by atoms with E-state index in [1.807, 2.05) is 31.2 Å². The van der Waals surface area contributed by atoms with Gasteiger partial charge in [0.15, 0.2) is 5.11 Å². The Balaban J connectivity index is 1.89. The van der Waals surface area contributed by atoms with Crippen molar-refractivity contribution in [3.05, 3.63) is 65.5 Å². The van der Waals surface area contributed by atoms with Gasteiger partial charge in [0.1, 0.15) is 5.82 Å². The summed E-state index contributed by atoms with van der Waals surface area (Å²) in [5, 5.41) is 7.23. The lowest BCUT2D eigenvalue weighted by Gasteiger charge is -2.06. The van der Waals surface area contributed by atoms with E-state index in [9.17, 15) is 4.39 Å². The second kappa shape index (κ2) is 6.77. The van der Waals surface area contributed by atoms with Crippen molar-refractivity contribution in [1.82, 2.24) is 5.43 Å². The Hall–Kier alpha value is -2.27. The number of benzene rings is 2. The summed E-state index contributed by atoms with van der Waals surface area (Å²) in [6, 6.07) is 14.2. The van der Waals surface area contributed by atoms with Gasteiger partial charge in [0, 0.05) is 11.3 Å². The van der Waals surface area contributed by atoms with Gasteiger partial charge in [-0.1, -0.05) is 35.9 Å². The lowest BCUT2D eigenvalue weighted by Crippen LogP contribution is -2.23. The van der Waals surface area contributed by atoms with Crippen LogP contribution in [0.15, 0.2) is 53.6 Å². The van der Waals surface area contributed by atoms with Crippen LogP contribution in [0.1, 0.15) is 11.1 Å². The predicted molar refractivity (Wildman–Crippen MR) is 84.5 cm³/mol. The van der Waals surface area contributed by atoms with Crippen LogP contribution in [-0.4, -0.2) is 11.3 Å². The maximum atomic E-state index is 13.3. The monoisotopic (exact) mass is 287 g/mol. The van der Waals surface area contributed by atoms with Crippen LogP contribution in [0, 0.1) is 12.7 Å². The van der Waals surface area contributed by atoms with Gasteiger partial charge in [-0.15, -0.1) is 0 Å². The summed E-state index contributed by atoms with van der Waals surface area (Å²) in [6.07, 6.45) is 1.39. The van der Waals surface area contributed by atoms with Crippen molar-refractivity contribution >= 4 is 29.2 Å². The van der Waals surface area contributed by atoms with E-state index in [2.05, 4.69) is 15.8 Å². The van der Waals surface area contributed by atoms with Crippen LogP contribution in [0.25, 0.3) is 0 Å². The molecule has 2 aromatic rings. The van der Waals surface area contributed by atoms with Crippen LogP contribution in [0.3, 0.4) is 0 Å². The van der Waals surface area contributed by atoms with Gasteiger partial charge in [-0.2, -0.15) is 5.10 Å². The second-order valence-corrected chi connectivity index (χ2v) is 4.62. The Bertz CT molecular complexity index is 623. The van der Waals surface area contributed by atoms with E-state index >= 15 is 0 Å². The largest absolute Gasteiger partial charge is 0.331 e. The Labute approximate surface area is 122 Å². The number of nitrogens with zero attached hydrogens (tertiary/aromatic N) is 1. The van der Waals surface area contributed by atoms with Gasteiger partial charge in [-0.25, -0.2) is 4.39 Å². The molecule has 0 atom stereocenters. The molecule has 0 bridgehead atoms. The summed E-state index contributed by atoms with van der Waals surface area (Å²) in [5.41, 5.74) is 5.09. The smallest absolute Gasteiger partial charge is 0.191 e. The molecule has 0 aliphatic heterocycles. The molecule has 0 amide bonds. The first-order valence-electron chi connectivity index (χ1n) is 6.06. The summed E-state index contributed by atoms with van der Waals surface area (Å²) in [4.78, 5) is 0. The molecule has 0 aromatic heterocycles. The minimum absolute atomic E-state index is 0.324. The van der Waals surface area contributed by atoms with E-state index in [1.54, 1.807) is 18.2 Å². The standard InChI is InChI=1S/C15H14FN3S/c1-11-6-8-13(9-7-11)18-15(20)19-17-10-12-4-2-3-5-14(12)16/h2-10H,1H3,(H2,18,19,20)/b17-10-. The Morgan fingerprint density at radius 2 is 1.85 bits per heavy atom. The van der Waals surface area contributed by atoms with Gasteiger partial charge in [0.05, 0.1) is 6.21 Å². The number of anilines is 1. The number of halogens is 1. The fraction of sp³-hybridized carbons (Fsp3) is 0.0667. The van der Waals surface area contributed by atoms with Gasteiger partial charge in [0.2, 0.25) is 0 Å². The van der Waals surface area contributed by atoms with E-state index in [4.69, 9.17) is 12.2 Å². The van der Waals surface area contributed by atoms with E-state index < -0.39 is 0 Å². The molecule has 3 nitrogen and oxygen atoms in total. The molecule has 0 aliphatic carbocycles. The molecule has 0 saturated heterocycles. The zero-order chi connectivity index (χ0) is 14.4. The lowest BCUT2D eigenvalue weighted by molar-refractivity contribution is 0.626. The first-order chi connectivity index (χ1) is 9.65. The molecule has 0 spiro atoms. The number of aryl methyl sites for hydroxylation is 1. The highest BCUT2D eigenvalue weighted by Gasteiger charge is 1.97. The first kappa shape index (κ1) is 14.1. The maximum Gasteiger partial charge on any atom is 0.191 e. The van der Waals surface area contributed by atoms with Crippen LogP contribution < -0.4 is 10.7 Å². The molecular weight excluding hydrogens is 273 g/mol. The van der Waals surface area contributed by atoms with Gasteiger partial charge in [-0.05, 0) is 37.3 Å². The summed E-state index contributed by atoms with van der Waals surface area (Å²) < 4.78 is 13.3. The zero-order valence-electron chi connectivity index (χ0n) is 10.9. The molecule has 2 rings (SSSR count). The van der Waals surface area contributed by atoms with Crippen molar-refractivity contribution in [3.63, 3.8) is 0 Å². The van der Waals surface area contributed by atoms with E-state index in [1.165, 1.54) is 17.8 Å². The van der Waals surface area contributed by atoms with Gasteiger partial charge in [0.25, 0.3) is 0 Å². The Morgan fingerprint density at radius 3 is 2.55 bits per heavy atom. The summed E-state index contributed by atoms with van der Waals surface area (Å²) in [6.45, 7) is 2.01. The highest BCUT2D eigenvalue weighted by atomic mass is 32.1. The van der Waals surface area contributed by atoms with Gasteiger partial charge in [-0.3, -0.25) is 5.43 Å². The summed E-state index contributed by atoms with van der Waals surface area (Å²) in [5.74, 6) is -0.324. The molecule has 2 aromatic carbocycles. The number of hydrazone groups is 1. The summed E-state index contributed by atoms with van der Waals surface area (Å²) in [7, 11) is 0. The second-order valence-electron chi connectivity index (χ2n) is 4.21. The molecule has 20 heavy (non-hydrogen) atoms. The van der Waals surface area contributed by atoms with Crippen molar-refractivity contribution in [2.45, 2.75) is 6.92 Å². The summed E-state index contributed by atoms with van der Waals surface area (Å²) >= 11 is 5.09. The number of hydrogen-bond acceptors (Lipinski definition) is 2. The fourth-order valence-corrected chi connectivity index (χ4v) is 1.71. The highest BCUT2D eigenvalue weighted by molar-refractivity contribution is 7.80. The van der Waals surface area contributed by atoms with Gasteiger partial charge >= 0.3 is 0 Å². The predicted octanol–water partition coefficient (Wildman–Crippen LogP) is 3.45. The molecule has 0 fully saturated rings. The van der Waals surface area contributed by atoms with Crippen molar-refractivity contribution in [2.24, 2.45) is 5.10 Å². The normalized spacial score (nSPS) is 10.5. The van der Waals surface area contributed by atoms with E-state index in [-0.39, 0.29) is 5.82 Å². The van der Waals surface area contributed by atoms with Crippen LogP contribution in [0.4, 0.5) is 10.1 Å². The maximum absolute atomic E-state index is 13.3. The third kappa shape index (κ3) is 4.13. The molecule has 2 N–H and O–H groups in total. The molecule has 0 saturated carbocycles. The highest BCUT2D eigenvalue weighted by Crippen LogP contribution is 2.08. The average Bonchev–Trinajstić information content (AvgIpc) is 2.43. The lowest BCUT2D eigenvalue weighted by atomic mass is 10.2. The third-order valence-electron chi connectivity index (χ3n) is 2.58. The number of hydrogen-bond donors (Lipinski definition) is 2. The first-order valence-corrected chi connectivity index (χ1v) is 6.47. The van der Waals surface area contributed by atoms with Crippen LogP contribution >= 0.6 is 12.2 Å². The SMILES string of the molecule is Cc1ccc(NC(=S)N/N=C\c2ccccc2F)cc1. The molecule has 102 valence electrons. The van der Waals surface area contributed by atoms with E-state index in [0.29, 0.717) is 10.7 Å². The minimum atomic E-state index is -0.324. The molecule has 0 aliphatic rings. The van der Waals surface area contributed by atoms with Gasteiger partial charge < -0.3 is 5.32 Å². The molecule has 0 unspecified atom stereocenters. The van der Waals surface area contributed by atoms with E-state index in [0.717, 1.165) is 5.69 Å². The molecule has 0 radical (unpaired) electrons. The molecule has 0 heterocycles. The Kier molecular flexibility index (Phi) is 4.79. The minimum Gasteiger partial charge on any atom is -0.331 e. The van der Waals surface area contributed by atoms with Crippen LogP contribution in [0.2, 0.25) is 0 Å². The van der Waals surface area contributed by atoms with Crippen LogP contribution in [0.5, 0.6) is 0 Å². The van der Waals surface area contributed by atoms with Crippen molar-refractivity contribution in [2.75, 3.05) is 5.32 Å². The third-order valence-corrected chi connectivity index (χ3v) is 2.78. The van der Waals surface area contributed by atoms with Crippen molar-refractivity contribution in [3.8, 4) is 0 Å². The number of rotatable bonds is 3. The average molecular weight is 287 g/mol. The van der Waals surface area contributed by atoms with Crippen molar-refractivity contribution < 1.29 is 4.39 Å². The quantitative estimate of drug-likeness (QED) is 0.516. The molecule has 5 heteroatoms. The Morgan fingerprint density at radius 1 is 1.15 bits per heavy atom. The number of nitrogens with one attached hydrogen (secondary N) is 2. The van der Waals surface area contributed by atoms with Crippen molar-refractivity contribution in [1.29, 1.82) is 0 Å². The fourth-order valence-electron chi connectivity index (χ4n) is 1.54. The van der Waals surface area contributed by atoms with Crippen LogP contribution in [-0.2, 0) is 0 Å². The zero-order valence-corrected chi connectivity index (χ0v) is 11.7. The molecular formula is C15H14FN3S. The topological polar surface area (TPSA) is 36.4 Å². The number of thiocarbonyl (C=S) groups is 1.